The normalized spacial score (nSPS) is 11.5. The monoisotopic (exact) mass is 263 g/mol. The van der Waals surface area contributed by atoms with E-state index in [1.807, 2.05) is 0 Å². The van der Waals surface area contributed by atoms with Crippen LogP contribution in [0.25, 0.3) is 0 Å². The Bertz CT molecular complexity index is 520. The highest BCUT2D eigenvalue weighted by Crippen LogP contribution is 2.30. The molecular formula is C8H4F3N3O2S. The fraction of sp³-hybridized carbons (Fsp3) is 0.125. The molecular weight excluding hydrogens is 259 g/mol. The maximum absolute atomic E-state index is 12.2. The van der Waals surface area contributed by atoms with Crippen LogP contribution in [0.15, 0.2) is 22.7 Å². The number of furan rings is 1. The number of halogens is 3. The van der Waals surface area contributed by atoms with Gasteiger partial charge in [0, 0.05) is 11.5 Å². The predicted octanol–water partition coefficient (Wildman–Crippen LogP) is 2.40. The van der Waals surface area contributed by atoms with Crippen LogP contribution < -0.4 is 5.32 Å². The third kappa shape index (κ3) is 2.61. The lowest BCUT2D eigenvalue weighted by molar-refractivity contribution is -0.153. The molecule has 0 spiro atoms. The summed E-state index contributed by atoms with van der Waals surface area (Å²) in [5.74, 6) is -2.43. The number of rotatable bonds is 2. The number of alkyl halides is 3. The van der Waals surface area contributed by atoms with Crippen molar-refractivity contribution >= 4 is 22.4 Å². The zero-order valence-electron chi connectivity index (χ0n) is 7.99. The van der Waals surface area contributed by atoms with Crippen LogP contribution in [0.4, 0.5) is 18.2 Å². The number of carbonyl (C=O) groups is 1. The van der Waals surface area contributed by atoms with Crippen molar-refractivity contribution in [3.8, 4) is 0 Å². The first-order chi connectivity index (χ1) is 7.97. The molecule has 9 heteroatoms. The molecule has 0 radical (unpaired) electrons. The number of nitrogens with one attached hydrogen (secondary N) is 1. The summed E-state index contributed by atoms with van der Waals surface area (Å²) < 4.78 is 44.5. The van der Waals surface area contributed by atoms with Crippen LogP contribution in [-0.2, 0) is 6.18 Å². The number of hydrogen-bond donors (Lipinski definition) is 1. The Morgan fingerprint density at radius 2 is 2.18 bits per heavy atom. The molecule has 0 unspecified atom stereocenters. The first-order valence-electron chi connectivity index (χ1n) is 4.22. The second-order valence-electron chi connectivity index (χ2n) is 2.90. The number of amides is 1. The first-order valence-corrected chi connectivity index (χ1v) is 5.00. The van der Waals surface area contributed by atoms with Gasteiger partial charge in [-0.25, -0.2) is 0 Å². The number of aromatic nitrogens is 2. The van der Waals surface area contributed by atoms with E-state index in [1.165, 1.54) is 6.20 Å². The summed E-state index contributed by atoms with van der Waals surface area (Å²) in [5.41, 5.74) is 0. The molecule has 0 saturated carbocycles. The Labute approximate surface area is 96.4 Å². The van der Waals surface area contributed by atoms with Crippen molar-refractivity contribution in [1.29, 1.82) is 0 Å². The molecule has 0 bridgehead atoms. The zero-order valence-corrected chi connectivity index (χ0v) is 8.80. The van der Waals surface area contributed by atoms with Crippen LogP contribution in [0.3, 0.4) is 0 Å². The van der Waals surface area contributed by atoms with Crippen molar-refractivity contribution in [2.75, 3.05) is 5.32 Å². The fourth-order valence-electron chi connectivity index (χ4n) is 1.01. The number of carbonyl (C=O) groups excluding carboxylic acids is 1. The van der Waals surface area contributed by atoms with Gasteiger partial charge >= 0.3 is 6.18 Å². The maximum Gasteiger partial charge on any atom is 0.449 e. The van der Waals surface area contributed by atoms with E-state index in [4.69, 9.17) is 0 Å². The average molecular weight is 263 g/mol. The number of anilines is 1. The molecule has 0 fully saturated rings. The van der Waals surface area contributed by atoms with Crippen molar-refractivity contribution < 1.29 is 22.4 Å². The van der Waals surface area contributed by atoms with E-state index < -0.39 is 23.6 Å². The third-order valence-corrected chi connectivity index (χ3v) is 2.29. The van der Waals surface area contributed by atoms with E-state index >= 15 is 0 Å². The van der Waals surface area contributed by atoms with Gasteiger partial charge in [-0.15, -0.1) is 5.10 Å². The first kappa shape index (κ1) is 11.6. The van der Waals surface area contributed by atoms with Gasteiger partial charge < -0.3 is 9.73 Å². The lowest BCUT2D eigenvalue weighted by Crippen LogP contribution is -2.10. The molecule has 0 aromatic carbocycles. The summed E-state index contributed by atoms with van der Waals surface area (Å²) in [6.45, 7) is 0. The molecule has 0 saturated heterocycles. The van der Waals surface area contributed by atoms with E-state index in [1.54, 1.807) is 0 Å². The van der Waals surface area contributed by atoms with Gasteiger partial charge in [0.05, 0.1) is 6.20 Å². The molecule has 0 aliphatic carbocycles. The van der Waals surface area contributed by atoms with E-state index in [2.05, 4.69) is 19.3 Å². The Morgan fingerprint density at radius 1 is 1.41 bits per heavy atom. The number of hydrogen-bond acceptors (Lipinski definition) is 5. The molecule has 0 atom stereocenters. The Kier molecular flexibility index (Phi) is 2.84. The summed E-state index contributed by atoms with van der Waals surface area (Å²) in [6, 6.07) is 1.65. The predicted molar refractivity (Wildman–Crippen MR) is 51.6 cm³/mol. The summed E-state index contributed by atoms with van der Waals surface area (Å²) in [7, 11) is 0. The molecule has 1 amide bonds. The van der Waals surface area contributed by atoms with E-state index in [0.717, 1.165) is 17.6 Å². The van der Waals surface area contributed by atoms with Crippen molar-refractivity contribution in [3.05, 3.63) is 29.9 Å². The molecule has 2 heterocycles. The van der Waals surface area contributed by atoms with Crippen molar-refractivity contribution in [2.24, 2.45) is 0 Å². The highest BCUT2D eigenvalue weighted by Gasteiger charge is 2.35. The Morgan fingerprint density at radius 3 is 2.71 bits per heavy atom. The van der Waals surface area contributed by atoms with Gasteiger partial charge in [0.2, 0.25) is 5.76 Å². The summed E-state index contributed by atoms with van der Waals surface area (Å²) in [6.07, 6.45) is -3.33. The molecule has 2 rings (SSSR count). The molecule has 5 nitrogen and oxygen atoms in total. The van der Waals surface area contributed by atoms with Gasteiger partial charge in [-0.3, -0.25) is 4.79 Å². The van der Waals surface area contributed by atoms with Crippen molar-refractivity contribution in [1.82, 2.24) is 9.59 Å². The Balaban J connectivity index is 2.13. The zero-order chi connectivity index (χ0) is 12.5. The second kappa shape index (κ2) is 4.17. The molecule has 2 aromatic rings. The van der Waals surface area contributed by atoms with Crippen LogP contribution in [0.5, 0.6) is 0 Å². The molecule has 0 aliphatic rings. The third-order valence-electron chi connectivity index (χ3n) is 1.71. The van der Waals surface area contributed by atoms with E-state index in [0.29, 0.717) is 11.1 Å². The topological polar surface area (TPSA) is 68.0 Å². The summed E-state index contributed by atoms with van der Waals surface area (Å²) in [5, 5.41) is 6.07. The van der Waals surface area contributed by atoms with E-state index in [9.17, 15) is 18.0 Å². The van der Waals surface area contributed by atoms with Crippen LogP contribution >= 0.6 is 11.5 Å². The van der Waals surface area contributed by atoms with Crippen molar-refractivity contribution in [3.63, 3.8) is 0 Å². The van der Waals surface area contributed by atoms with Gasteiger partial charge in [-0.05, 0) is 12.1 Å². The molecule has 1 N–H and O–H groups in total. The molecule has 17 heavy (non-hydrogen) atoms. The van der Waals surface area contributed by atoms with Gasteiger partial charge in [-0.1, -0.05) is 4.49 Å². The smallest absolute Gasteiger partial charge is 0.446 e. The van der Waals surface area contributed by atoms with Gasteiger partial charge in [0.15, 0.2) is 5.76 Å². The highest BCUT2D eigenvalue weighted by atomic mass is 32.1. The SMILES string of the molecule is O=C(Nc1cnns1)c1ccc(C(F)(F)F)o1. The van der Waals surface area contributed by atoms with Crippen LogP contribution in [0, 0.1) is 0 Å². The van der Waals surface area contributed by atoms with E-state index in [-0.39, 0.29) is 0 Å². The quantitative estimate of drug-likeness (QED) is 0.903. The minimum Gasteiger partial charge on any atom is -0.446 e. The molecule has 90 valence electrons. The largest absolute Gasteiger partial charge is 0.449 e. The van der Waals surface area contributed by atoms with Gasteiger partial charge in [-0.2, -0.15) is 13.2 Å². The van der Waals surface area contributed by atoms with Crippen LogP contribution in [-0.4, -0.2) is 15.5 Å². The standard InChI is InChI=1S/C8H4F3N3O2S/c9-8(10,11)5-2-1-4(16-5)7(15)13-6-3-12-14-17-6/h1-3H,(H,13,15). The number of nitrogens with zero attached hydrogens (tertiary/aromatic N) is 2. The molecule has 2 aromatic heterocycles. The lowest BCUT2D eigenvalue weighted by Gasteiger charge is -2.01. The minimum absolute atomic E-state index is 0.319. The summed E-state index contributed by atoms with van der Waals surface area (Å²) in [4.78, 5) is 11.4. The Hall–Kier alpha value is -1.90. The highest BCUT2D eigenvalue weighted by molar-refractivity contribution is 7.10. The maximum atomic E-state index is 12.2. The second-order valence-corrected chi connectivity index (χ2v) is 3.68. The van der Waals surface area contributed by atoms with Gasteiger partial charge in [0.25, 0.3) is 5.91 Å². The van der Waals surface area contributed by atoms with Crippen LogP contribution in [0.1, 0.15) is 16.3 Å². The van der Waals surface area contributed by atoms with Gasteiger partial charge in [0.1, 0.15) is 5.00 Å². The minimum atomic E-state index is -4.61. The summed E-state index contributed by atoms with van der Waals surface area (Å²) >= 11 is 0.901. The van der Waals surface area contributed by atoms with Crippen molar-refractivity contribution in [2.45, 2.75) is 6.18 Å². The molecule has 0 aliphatic heterocycles. The van der Waals surface area contributed by atoms with Crippen LogP contribution in [0.2, 0.25) is 0 Å². The average Bonchev–Trinajstić information content (AvgIpc) is 2.85. The fourth-order valence-corrected chi connectivity index (χ4v) is 1.42. The lowest BCUT2D eigenvalue weighted by atomic mass is 10.4.